The molecule has 112 valence electrons. The van der Waals surface area contributed by atoms with Crippen LogP contribution in [0.3, 0.4) is 0 Å². The SMILES string of the molecule is CC(C)(c1ccccc1)C1COCC(O)C1.O=[N+]([O-])O. The van der Waals surface area contributed by atoms with Crippen molar-refractivity contribution in [3.05, 3.63) is 46.0 Å². The first-order valence-corrected chi connectivity index (χ1v) is 6.48. The van der Waals surface area contributed by atoms with Gasteiger partial charge >= 0.3 is 0 Å². The van der Waals surface area contributed by atoms with E-state index in [2.05, 4.69) is 38.1 Å². The summed E-state index contributed by atoms with van der Waals surface area (Å²) in [6, 6.07) is 10.5. The molecule has 0 spiro atoms. The largest absolute Gasteiger partial charge is 0.391 e. The molecular weight excluding hydrogens is 262 g/mol. The Morgan fingerprint density at radius 2 is 1.85 bits per heavy atom. The number of ether oxygens (including phenoxy) is 1. The number of hydrogen-bond acceptors (Lipinski definition) is 4. The van der Waals surface area contributed by atoms with E-state index in [0.717, 1.165) is 13.0 Å². The maximum Gasteiger partial charge on any atom is 0.291 e. The summed E-state index contributed by atoms with van der Waals surface area (Å²) in [6.45, 7) is 5.70. The van der Waals surface area contributed by atoms with Gasteiger partial charge in [-0.15, -0.1) is 10.1 Å². The summed E-state index contributed by atoms with van der Waals surface area (Å²) in [5.41, 5.74) is 1.38. The van der Waals surface area contributed by atoms with Gasteiger partial charge in [-0.05, 0) is 23.3 Å². The van der Waals surface area contributed by atoms with Gasteiger partial charge in [-0.3, -0.25) is 0 Å². The highest BCUT2D eigenvalue weighted by molar-refractivity contribution is 5.24. The van der Waals surface area contributed by atoms with Crippen LogP contribution in [0.4, 0.5) is 0 Å². The molecular formula is C14H21NO5. The molecule has 0 amide bonds. The highest BCUT2D eigenvalue weighted by Gasteiger charge is 2.35. The molecule has 1 heterocycles. The Kier molecular flexibility index (Phi) is 5.91. The van der Waals surface area contributed by atoms with Gasteiger partial charge in [0.1, 0.15) is 0 Å². The maximum absolute atomic E-state index is 9.66. The van der Waals surface area contributed by atoms with Crippen LogP contribution in [-0.2, 0) is 10.2 Å². The molecule has 1 saturated heterocycles. The zero-order valence-corrected chi connectivity index (χ0v) is 11.7. The quantitative estimate of drug-likeness (QED) is 0.639. The lowest BCUT2D eigenvalue weighted by atomic mass is 9.71. The van der Waals surface area contributed by atoms with E-state index in [4.69, 9.17) is 20.1 Å². The summed E-state index contributed by atoms with van der Waals surface area (Å²) >= 11 is 0. The van der Waals surface area contributed by atoms with Gasteiger partial charge in [-0.25, -0.2) is 0 Å². The molecule has 0 saturated carbocycles. The molecule has 1 aliphatic rings. The minimum Gasteiger partial charge on any atom is -0.391 e. The molecule has 2 rings (SSSR count). The van der Waals surface area contributed by atoms with Crippen LogP contribution < -0.4 is 0 Å². The fraction of sp³-hybridized carbons (Fsp3) is 0.571. The molecule has 1 fully saturated rings. The van der Waals surface area contributed by atoms with E-state index >= 15 is 0 Å². The second-order valence-corrected chi connectivity index (χ2v) is 5.45. The average Bonchev–Trinajstić information content (AvgIpc) is 2.39. The molecule has 1 aromatic carbocycles. The van der Waals surface area contributed by atoms with Crippen LogP contribution in [0, 0.1) is 16.0 Å². The number of benzene rings is 1. The zero-order valence-electron chi connectivity index (χ0n) is 11.7. The minimum absolute atomic E-state index is 0.0582. The number of aliphatic hydroxyl groups excluding tert-OH is 1. The lowest BCUT2D eigenvalue weighted by Gasteiger charge is -2.38. The van der Waals surface area contributed by atoms with Crippen molar-refractivity contribution < 1.29 is 20.1 Å². The van der Waals surface area contributed by atoms with Crippen LogP contribution in [0.5, 0.6) is 0 Å². The molecule has 6 heteroatoms. The summed E-state index contributed by atoms with van der Waals surface area (Å²) < 4.78 is 5.45. The monoisotopic (exact) mass is 283 g/mol. The second kappa shape index (κ2) is 7.21. The molecule has 2 unspecified atom stereocenters. The normalized spacial score (nSPS) is 22.6. The molecule has 0 aromatic heterocycles. The Labute approximate surface area is 118 Å². The molecule has 0 aliphatic carbocycles. The molecule has 2 atom stereocenters. The molecule has 20 heavy (non-hydrogen) atoms. The maximum atomic E-state index is 9.66. The van der Waals surface area contributed by atoms with E-state index in [-0.39, 0.29) is 11.5 Å². The number of hydrogen-bond donors (Lipinski definition) is 2. The van der Waals surface area contributed by atoms with Gasteiger partial charge in [-0.1, -0.05) is 44.2 Å². The second-order valence-electron chi connectivity index (χ2n) is 5.45. The summed E-state index contributed by atoms with van der Waals surface area (Å²) in [7, 11) is 0. The Hall–Kier alpha value is -1.66. The van der Waals surface area contributed by atoms with E-state index in [0.29, 0.717) is 12.5 Å². The minimum atomic E-state index is -1.50. The highest BCUT2D eigenvalue weighted by Crippen LogP contribution is 2.36. The van der Waals surface area contributed by atoms with E-state index in [1.54, 1.807) is 0 Å². The smallest absolute Gasteiger partial charge is 0.291 e. The molecule has 6 nitrogen and oxygen atoms in total. The average molecular weight is 283 g/mol. The fourth-order valence-corrected chi connectivity index (χ4v) is 2.42. The van der Waals surface area contributed by atoms with E-state index < -0.39 is 5.09 Å². The summed E-state index contributed by atoms with van der Waals surface area (Å²) in [5.74, 6) is 0.388. The number of aliphatic hydroxyl groups is 1. The van der Waals surface area contributed by atoms with E-state index in [1.165, 1.54) is 5.56 Å². The van der Waals surface area contributed by atoms with Crippen molar-refractivity contribution in [2.24, 2.45) is 5.92 Å². The van der Waals surface area contributed by atoms with Crippen molar-refractivity contribution in [3.8, 4) is 0 Å². The molecule has 2 N–H and O–H groups in total. The van der Waals surface area contributed by atoms with Crippen molar-refractivity contribution in [2.75, 3.05) is 13.2 Å². The van der Waals surface area contributed by atoms with Crippen LogP contribution in [0.2, 0.25) is 0 Å². The Morgan fingerprint density at radius 3 is 2.35 bits per heavy atom. The topological polar surface area (TPSA) is 92.8 Å². The van der Waals surface area contributed by atoms with E-state index in [9.17, 15) is 5.11 Å². The van der Waals surface area contributed by atoms with Crippen molar-refractivity contribution in [3.63, 3.8) is 0 Å². The number of rotatable bonds is 2. The summed E-state index contributed by atoms with van der Waals surface area (Å²) in [6.07, 6.45) is 0.531. The van der Waals surface area contributed by atoms with Crippen LogP contribution in [0.25, 0.3) is 0 Å². The van der Waals surface area contributed by atoms with Gasteiger partial charge in [0.25, 0.3) is 5.09 Å². The Balaban J connectivity index is 0.000000444. The third-order valence-electron chi connectivity index (χ3n) is 3.72. The Morgan fingerprint density at radius 1 is 1.30 bits per heavy atom. The summed E-state index contributed by atoms with van der Waals surface area (Å²) in [5, 5.41) is 23.3. The predicted molar refractivity (Wildman–Crippen MR) is 73.2 cm³/mol. The van der Waals surface area contributed by atoms with E-state index in [1.807, 2.05) is 6.07 Å². The summed E-state index contributed by atoms with van der Waals surface area (Å²) in [4.78, 5) is 8.36. The van der Waals surface area contributed by atoms with Crippen molar-refractivity contribution in [2.45, 2.75) is 31.8 Å². The van der Waals surface area contributed by atoms with Crippen LogP contribution in [0.15, 0.2) is 30.3 Å². The van der Waals surface area contributed by atoms with Crippen LogP contribution in [-0.4, -0.2) is 34.7 Å². The first-order chi connectivity index (χ1) is 9.34. The lowest BCUT2D eigenvalue weighted by molar-refractivity contribution is -0.742. The van der Waals surface area contributed by atoms with Gasteiger partial charge < -0.3 is 15.1 Å². The van der Waals surface area contributed by atoms with Crippen molar-refractivity contribution in [1.29, 1.82) is 0 Å². The van der Waals surface area contributed by atoms with Gasteiger partial charge in [-0.2, -0.15) is 0 Å². The van der Waals surface area contributed by atoms with Crippen molar-refractivity contribution >= 4 is 0 Å². The van der Waals surface area contributed by atoms with Gasteiger partial charge in [0.05, 0.1) is 19.3 Å². The lowest BCUT2D eigenvalue weighted by Crippen LogP contribution is -2.40. The first-order valence-electron chi connectivity index (χ1n) is 6.48. The number of nitrogens with zero attached hydrogens (tertiary/aromatic N) is 1. The zero-order chi connectivity index (χ0) is 15.2. The molecule has 0 radical (unpaired) electrons. The molecule has 0 bridgehead atoms. The Bertz CT molecular complexity index is 417. The van der Waals surface area contributed by atoms with Crippen LogP contribution >= 0.6 is 0 Å². The van der Waals surface area contributed by atoms with Crippen molar-refractivity contribution in [1.82, 2.24) is 0 Å². The van der Waals surface area contributed by atoms with Gasteiger partial charge in [0, 0.05) is 0 Å². The molecule has 1 aromatic rings. The standard InChI is InChI=1S/C14H20O2.HNO3/c1-14(2,11-6-4-3-5-7-11)12-8-13(15)10-16-9-12;2-1(3)4/h3-7,12-13,15H,8-10H2,1-2H3;(H,2,3,4). The third kappa shape index (κ3) is 4.79. The molecule has 1 aliphatic heterocycles. The highest BCUT2D eigenvalue weighted by atomic mass is 16.9. The third-order valence-corrected chi connectivity index (χ3v) is 3.72. The van der Waals surface area contributed by atoms with Gasteiger partial charge in [0.2, 0.25) is 0 Å². The first kappa shape index (κ1) is 16.4. The van der Waals surface area contributed by atoms with Crippen LogP contribution in [0.1, 0.15) is 25.8 Å². The van der Waals surface area contributed by atoms with Gasteiger partial charge in [0.15, 0.2) is 0 Å². The predicted octanol–water partition coefficient (Wildman–Crippen LogP) is 2.01. The fourth-order valence-electron chi connectivity index (χ4n) is 2.42.